The van der Waals surface area contributed by atoms with E-state index >= 15 is 0 Å². The molecule has 0 radical (unpaired) electrons. The van der Waals surface area contributed by atoms with Crippen LogP contribution in [-0.2, 0) is 21.4 Å². The molecule has 1 atom stereocenters. The zero-order valence-corrected chi connectivity index (χ0v) is 19.4. The average Bonchev–Trinajstić information content (AvgIpc) is 2.78. The van der Waals surface area contributed by atoms with E-state index in [-0.39, 0.29) is 17.4 Å². The predicted octanol–water partition coefficient (Wildman–Crippen LogP) is 4.97. The Morgan fingerprint density at radius 3 is 2.18 bits per heavy atom. The first-order valence-electron chi connectivity index (χ1n) is 10.4. The molecule has 8 heteroatoms. The third-order valence-electron chi connectivity index (χ3n) is 5.21. The molecule has 0 spiro atoms. The van der Waals surface area contributed by atoms with Crippen molar-refractivity contribution in [3.05, 3.63) is 95.3 Å². The average molecular weight is 472 g/mol. The molecule has 3 aromatic carbocycles. The number of hydrogen-bond acceptors (Lipinski definition) is 4. The largest absolute Gasteiger partial charge is 0.478 e. The van der Waals surface area contributed by atoms with Crippen LogP contribution in [-0.4, -0.2) is 30.8 Å². The number of ether oxygens (including phenoxy) is 1. The van der Waals surface area contributed by atoms with E-state index in [9.17, 15) is 22.7 Å². The van der Waals surface area contributed by atoms with Crippen LogP contribution >= 0.6 is 0 Å². The molecular weight excluding hydrogens is 445 g/mol. The minimum Gasteiger partial charge on any atom is -0.478 e. The smallest absolute Gasteiger partial charge is 0.349 e. The van der Waals surface area contributed by atoms with Gasteiger partial charge in [-0.05, 0) is 53.4 Å². The lowest BCUT2D eigenvalue weighted by Gasteiger charge is -2.19. The van der Waals surface area contributed by atoms with E-state index in [1.807, 2.05) is 32.0 Å². The van der Waals surface area contributed by atoms with E-state index in [1.165, 1.54) is 19.2 Å². The summed E-state index contributed by atoms with van der Waals surface area (Å²) in [6.07, 6.45) is -1.17. The molecule has 0 saturated heterocycles. The summed E-state index contributed by atoms with van der Waals surface area (Å²) in [6, 6.07) is 18.5. The Hall–Kier alpha value is -3.23. The number of rotatable bonds is 9. The number of carbonyl (C=O) groups is 1. The highest BCUT2D eigenvalue weighted by Crippen LogP contribution is 2.26. The van der Waals surface area contributed by atoms with Gasteiger partial charge in [0.15, 0.2) is 0 Å². The first kappa shape index (κ1) is 24.4. The van der Waals surface area contributed by atoms with Gasteiger partial charge in [0.1, 0.15) is 11.6 Å². The zero-order valence-electron chi connectivity index (χ0n) is 18.6. The van der Waals surface area contributed by atoms with Crippen LogP contribution in [0.1, 0.15) is 42.6 Å². The van der Waals surface area contributed by atoms with Crippen molar-refractivity contribution in [1.29, 1.82) is 0 Å². The molecule has 0 aliphatic carbocycles. The minimum absolute atomic E-state index is 0.000665. The Morgan fingerprint density at radius 2 is 1.61 bits per heavy atom. The zero-order chi connectivity index (χ0) is 24.2. The number of nitrogens with zero attached hydrogens (tertiary/aromatic N) is 1. The number of carboxylic acids is 1. The van der Waals surface area contributed by atoms with Crippen molar-refractivity contribution < 1.29 is 27.4 Å². The number of aliphatic carboxylic acids is 1. The molecule has 3 aromatic rings. The van der Waals surface area contributed by atoms with Gasteiger partial charge in [0, 0.05) is 19.2 Å². The van der Waals surface area contributed by atoms with Gasteiger partial charge in [0.05, 0.1) is 4.90 Å². The quantitative estimate of drug-likeness (QED) is 0.476. The van der Waals surface area contributed by atoms with Crippen LogP contribution in [0.2, 0.25) is 0 Å². The van der Waals surface area contributed by atoms with Gasteiger partial charge in [0.25, 0.3) is 0 Å². The second kappa shape index (κ2) is 10.1. The first-order chi connectivity index (χ1) is 15.6. The molecule has 0 bridgehead atoms. The van der Waals surface area contributed by atoms with Crippen molar-refractivity contribution in [3.8, 4) is 5.75 Å². The second-order valence-electron chi connectivity index (χ2n) is 8.02. The number of hydrogen-bond donors (Lipinski definition) is 1. The van der Waals surface area contributed by atoms with Crippen LogP contribution in [0, 0.1) is 5.82 Å². The minimum atomic E-state index is -3.78. The fourth-order valence-corrected chi connectivity index (χ4v) is 4.44. The normalized spacial score (nSPS) is 12.7. The summed E-state index contributed by atoms with van der Waals surface area (Å²) in [6.45, 7) is 4.14. The highest BCUT2D eigenvalue weighted by atomic mass is 32.2. The monoisotopic (exact) mass is 471 g/mol. The van der Waals surface area contributed by atoms with Gasteiger partial charge in [-0.2, -0.15) is 4.31 Å². The van der Waals surface area contributed by atoms with Gasteiger partial charge in [-0.1, -0.05) is 50.2 Å². The molecule has 0 amide bonds. The van der Waals surface area contributed by atoms with Crippen molar-refractivity contribution in [1.82, 2.24) is 4.31 Å². The third-order valence-corrected chi connectivity index (χ3v) is 7.03. The maximum absolute atomic E-state index is 13.1. The van der Waals surface area contributed by atoms with Crippen molar-refractivity contribution >= 4 is 16.0 Å². The molecule has 0 aliphatic rings. The summed E-state index contributed by atoms with van der Waals surface area (Å²) in [4.78, 5) is 11.8. The topological polar surface area (TPSA) is 83.9 Å². The highest BCUT2D eigenvalue weighted by molar-refractivity contribution is 7.89. The molecule has 33 heavy (non-hydrogen) atoms. The van der Waals surface area contributed by atoms with Crippen LogP contribution in [0.25, 0.3) is 0 Å². The van der Waals surface area contributed by atoms with Crippen molar-refractivity contribution in [3.63, 3.8) is 0 Å². The summed E-state index contributed by atoms with van der Waals surface area (Å²) in [5.74, 6) is -1.01. The molecule has 3 rings (SSSR count). The summed E-state index contributed by atoms with van der Waals surface area (Å²) in [5, 5.41) is 9.68. The van der Waals surface area contributed by atoms with Crippen molar-refractivity contribution in [2.45, 2.75) is 37.3 Å². The van der Waals surface area contributed by atoms with Crippen LogP contribution in [0.5, 0.6) is 5.75 Å². The summed E-state index contributed by atoms with van der Waals surface area (Å²) in [5.41, 5.74) is 2.25. The molecule has 6 nitrogen and oxygen atoms in total. The number of benzene rings is 3. The van der Waals surface area contributed by atoms with Gasteiger partial charge in [-0.25, -0.2) is 17.6 Å². The molecule has 0 saturated carbocycles. The SMILES string of the molecule is CC(C)c1cccc(C(Oc2ccc(CN(C)S(=O)(=O)c3ccc(F)cc3)cc2)C(=O)O)c1. The van der Waals surface area contributed by atoms with Gasteiger partial charge < -0.3 is 9.84 Å². The number of carboxylic acid groups (broad SMARTS) is 1. The Kier molecular flexibility index (Phi) is 7.50. The lowest BCUT2D eigenvalue weighted by molar-refractivity contribution is -0.145. The standard InChI is InChI=1S/C25H26FNO5S/c1-17(2)19-5-4-6-20(15-19)24(25(28)29)32-22-11-7-18(8-12-22)16-27(3)33(30,31)23-13-9-21(26)10-14-23/h4-15,17,24H,16H2,1-3H3,(H,28,29). The van der Waals surface area contributed by atoms with Crippen molar-refractivity contribution in [2.75, 3.05) is 7.05 Å². The van der Waals surface area contributed by atoms with E-state index in [0.717, 1.165) is 22.0 Å². The Labute approximate surface area is 193 Å². The Bertz CT molecular complexity index is 1210. The van der Waals surface area contributed by atoms with Gasteiger partial charge in [-0.3, -0.25) is 0 Å². The number of halogens is 1. The molecule has 1 unspecified atom stereocenters. The third kappa shape index (κ3) is 5.97. The summed E-state index contributed by atoms with van der Waals surface area (Å²) in [7, 11) is -2.35. The first-order valence-corrected chi connectivity index (χ1v) is 11.8. The van der Waals surface area contributed by atoms with Crippen LogP contribution in [0.15, 0.2) is 77.7 Å². The molecule has 0 heterocycles. The molecular formula is C25H26FNO5S. The van der Waals surface area contributed by atoms with E-state index in [2.05, 4.69) is 0 Å². The Morgan fingerprint density at radius 1 is 1.00 bits per heavy atom. The summed E-state index contributed by atoms with van der Waals surface area (Å²) < 4.78 is 45.4. The lowest BCUT2D eigenvalue weighted by Crippen LogP contribution is -2.26. The molecule has 174 valence electrons. The van der Waals surface area contributed by atoms with Gasteiger partial charge in [-0.15, -0.1) is 0 Å². The van der Waals surface area contributed by atoms with Gasteiger partial charge >= 0.3 is 5.97 Å². The molecule has 0 aliphatic heterocycles. The lowest BCUT2D eigenvalue weighted by atomic mass is 9.98. The molecule has 1 N–H and O–H groups in total. The van der Waals surface area contributed by atoms with Crippen molar-refractivity contribution in [2.24, 2.45) is 0 Å². The van der Waals surface area contributed by atoms with E-state index in [1.54, 1.807) is 30.3 Å². The van der Waals surface area contributed by atoms with Gasteiger partial charge in [0.2, 0.25) is 16.1 Å². The maximum Gasteiger partial charge on any atom is 0.349 e. The highest BCUT2D eigenvalue weighted by Gasteiger charge is 2.23. The molecule has 0 aromatic heterocycles. The second-order valence-corrected chi connectivity index (χ2v) is 10.1. The molecule has 0 fully saturated rings. The number of sulfonamides is 1. The van der Waals surface area contributed by atoms with E-state index in [0.29, 0.717) is 16.9 Å². The predicted molar refractivity (Wildman–Crippen MR) is 123 cm³/mol. The fraction of sp³-hybridized carbons (Fsp3) is 0.240. The van der Waals surface area contributed by atoms with E-state index in [4.69, 9.17) is 4.74 Å². The Balaban J connectivity index is 1.73. The fourth-order valence-electron chi connectivity index (χ4n) is 3.28. The van der Waals surface area contributed by atoms with E-state index < -0.39 is 27.9 Å². The van der Waals surface area contributed by atoms with Crippen LogP contribution in [0.3, 0.4) is 0 Å². The summed E-state index contributed by atoms with van der Waals surface area (Å²) >= 11 is 0. The van der Waals surface area contributed by atoms with Crippen LogP contribution < -0.4 is 4.74 Å². The maximum atomic E-state index is 13.1. The van der Waals surface area contributed by atoms with Crippen LogP contribution in [0.4, 0.5) is 4.39 Å².